The van der Waals surface area contributed by atoms with Crippen LogP contribution in [0, 0.1) is 6.92 Å². The molecule has 1 aliphatic rings. The van der Waals surface area contributed by atoms with E-state index in [1.165, 1.54) is 12.8 Å². The first kappa shape index (κ1) is 10.5. The van der Waals surface area contributed by atoms with Crippen molar-refractivity contribution >= 4 is 11.6 Å². The third-order valence-electron chi connectivity index (χ3n) is 3.19. The van der Waals surface area contributed by atoms with Crippen LogP contribution >= 0.6 is 0 Å². The second kappa shape index (κ2) is 4.33. The summed E-state index contributed by atoms with van der Waals surface area (Å²) in [4.78, 5) is 4.52. The van der Waals surface area contributed by atoms with E-state index in [4.69, 9.17) is 0 Å². The first-order valence-corrected chi connectivity index (χ1v) is 6.12. The van der Waals surface area contributed by atoms with E-state index in [9.17, 15) is 0 Å². The largest absolute Gasteiger partial charge is 0.349 e. The average molecular weight is 231 g/mol. The van der Waals surface area contributed by atoms with Crippen LogP contribution in [0.4, 0.5) is 5.95 Å². The third-order valence-corrected chi connectivity index (χ3v) is 3.19. The zero-order valence-corrected chi connectivity index (χ0v) is 9.98. The molecule has 2 N–H and O–H groups in total. The molecule has 1 saturated heterocycles. The number of rotatable bonds is 2. The fourth-order valence-corrected chi connectivity index (χ4v) is 2.26. The van der Waals surface area contributed by atoms with E-state index < -0.39 is 0 Å². The summed E-state index contributed by atoms with van der Waals surface area (Å²) in [6, 6.07) is 4.49. The van der Waals surface area contributed by atoms with Crippen molar-refractivity contribution < 1.29 is 0 Å². The zero-order chi connectivity index (χ0) is 11.7. The van der Waals surface area contributed by atoms with Gasteiger partial charge in [0.2, 0.25) is 5.95 Å². The van der Waals surface area contributed by atoms with Crippen molar-refractivity contribution in [2.45, 2.75) is 25.8 Å². The van der Waals surface area contributed by atoms with E-state index in [-0.39, 0.29) is 0 Å². The second-order valence-corrected chi connectivity index (χ2v) is 4.58. The number of aryl methyl sites for hydroxylation is 1. The summed E-state index contributed by atoms with van der Waals surface area (Å²) < 4.78 is 1.83. The van der Waals surface area contributed by atoms with Crippen LogP contribution in [0.2, 0.25) is 0 Å². The van der Waals surface area contributed by atoms with Gasteiger partial charge in [0, 0.05) is 18.8 Å². The highest BCUT2D eigenvalue weighted by atomic mass is 15.3. The van der Waals surface area contributed by atoms with Crippen molar-refractivity contribution in [1.29, 1.82) is 0 Å². The van der Waals surface area contributed by atoms with Crippen LogP contribution in [0.3, 0.4) is 0 Å². The summed E-state index contributed by atoms with van der Waals surface area (Å²) in [5.41, 5.74) is 2.08. The molecule has 3 heterocycles. The molecule has 0 amide bonds. The van der Waals surface area contributed by atoms with Gasteiger partial charge >= 0.3 is 0 Å². The second-order valence-electron chi connectivity index (χ2n) is 4.58. The van der Waals surface area contributed by atoms with E-state index in [0.29, 0.717) is 6.04 Å². The van der Waals surface area contributed by atoms with Gasteiger partial charge in [-0.2, -0.15) is 4.98 Å². The van der Waals surface area contributed by atoms with Crippen molar-refractivity contribution in [3.05, 3.63) is 23.9 Å². The molecule has 17 heavy (non-hydrogen) atoms. The van der Waals surface area contributed by atoms with Gasteiger partial charge in [0.05, 0.1) is 0 Å². The van der Waals surface area contributed by atoms with Crippen molar-refractivity contribution in [2.24, 2.45) is 0 Å². The van der Waals surface area contributed by atoms with Gasteiger partial charge in [-0.05, 0) is 37.9 Å². The quantitative estimate of drug-likeness (QED) is 0.815. The van der Waals surface area contributed by atoms with Crippen LogP contribution in [0.25, 0.3) is 5.65 Å². The number of anilines is 1. The Morgan fingerprint density at radius 2 is 2.47 bits per heavy atom. The molecule has 5 nitrogen and oxygen atoms in total. The first-order valence-electron chi connectivity index (χ1n) is 6.12. The Kier molecular flexibility index (Phi) is 2.68. The summed E-state index contributed by atoms with van der Waals surface area (Å²) in [6.45, 7) is 4.17. The Bertz CT molecular complexity index is 513. The van der Waals surface area contributed by atoms with E-state index in [0.717, 1.165) is 30.2 Å². The summed E-state index contributed by atoms with van der Waals surface area (Å²) in [5.74, 6) is 0.730. The van der Waals surface area contributed by atoms with E-state index in [1.807, 2.05) is 16.8 Å². The van der Waals surface area contributed by atoms with Gasteiger partial charge in [-0.25, -0.2) is 4.52 Å². The number of piperidine rings is 1. The molecular formula is C12H17N5. The maximum atomic E-state index is 4.52. The van der Waals surface area contributed by atoms with E-state index in [1.54, 1.807) is 0 Å². The highest BCUT2D eigenvalue weighted by Gasteiger charge is 2.14. The maximum Gasteiger partial charge on any atom is 0.243 e. The molecule has 0 aromatic carbocycles. The Labute approximate surface area is 100 Å². The predicted molar refractivity (Wildman–Crippen MR) is 67.2 cm³/mol. The highest BCUT2D eigenvalue weighted by molar-refractivity contribution is 5.50. The van der Waals surface area contributed by atoms with Crippen LogP contribution in [-0.4, -0.2) is 33.7 Å². The Morgan fingerprint density at radius 3 is 3.24 bits per heavy atom. The molecule has 3 rings (SSSR count). The van der Waals surface area contributed by atoms with Crippen LogP contribution in [0.1, 0.15) is 18.4 Å². The van der Waals surface area contributed by atoms with Crippen molar-refractivity contribution in [3.63, 3.8) is 0 Å². The molecule has 0 bridgehead atoms. The Morgan fingerprint density at radius 1 is 1.53 bits per heavy atom. The molecule has 5 heteroatoms. The van der Waals surface area contributed by atoms with E-state index in [2.05, 4.69) is 33.7 Å². The van der Waals surface area contributed by atoms with Gasteiger partial charge in [0.25, 0.3) is 0 Å². The van der Waals surface area contributed by atoms with Gasteiger partial charge in [-0.1, -0.05) is 6.07 Å². The van der Waals surface area contributed by atoms with Crippen LogP contribution in [0.15, 0.2) is 18.3 Å². The van der Waals surface area contributed by atoms with Gasteiger partial charge in [-0.15, -0.1) is 5.10 Å². The van der Waals surface area contributed by atoms with Gasteiger partial charge in [0.15, 0.2) is 5.65 Å². The third kappa shape index (κ3) is 2.10. The topological polar surface area (TPSA) is 54.2 Å². The number of aromatic nitrogens is 3. The molecule has 2 aromatic heterocycles. The fraction of sp³-hybridized carbons (Fsp3) is 0.500. The van der Waals surface area contributed by atoms with Crippen molar-refractivity contribution in [2.75, 3.05) is 18.4 Å². The van der Waals surface area contributed by atoms with Gasteiger partial charge in [-0.3, -0.25) is 0 Å². The minimum atomic E-state index is 0.446. The number of fused-ring (bicyclic) bond motifs is 1. The highest BCUT2D eigenvalue weighted by Crippen LogP contribution is 2.12. The lowest BCUT2D eigenvalue weighted by molar-refractivity contribution is 0.478. The number of nitrogens with zero attached hydrogens (tertiary/aromatic N) is 3. The SMILES string of the molecule is Cc1cccn2nc(NC3CCCNC3)nc12. The predicted octanol–water partition coefficient (Wildman–Crippen LogP) is 1.20. The molecule has 0 saturated carbocycles. The van der Waals surface area contributed by atoms with Crippen LogP contribution in [-0.2, 0) is 0 Å². The molecular weight excluding hydrogens is 214 g/mol. The molecule has 1 atom stereocenters. The summed E-state index contributed by atoms with van der Waals surface area (Å²) >= 11 is 0. The Hall–Kier alpha value is -1.62. The fourth-order valence-electron chi connectivity index (χ4n) is 2.26. The minimum absolute atomic E-state index is 0.446. The molecule has 0 spiro atoms. The number of nitrogens with one attached hydrogen (secondary N) is 2. The number of pyridine rings is 1. The van der Waals surface area contributed by atoms with Crippen LogP contribution < -0.4 is 10.6 Å². The summed E-state index contributed by atoms with van der Waals surface area (Å²) in [6.07, 6.45) is 4.32. The molecule has 0 radical (unpaired) electrons. The minimum Gasteiger partial charge on any atom is -0.349 e. The average Bonchev–Trinajstić information content (AvgIpc) is 2.74. The van der Waals surface area contributed by atoms with Gasteiger partial charge < -0.3 is 10.6 Å². The van der Waals surface area contributed by atoms with Crippen molar-refractivity contribution in [1.82, 2.24) is 19.9 Å². The lowest BCUT2D eigenvalue weighted by atomic mass is 10.1. The smallest absolute Gasteiger partial charge is 0.243 e. The molecule has 1 aliphatic heterocycles. The molecule has 2 aromatic rings. The molecule has 1 fully saturated rings. The maximum absolute atomic E-state index is 4.52. The molecule has 0 aliphatic carbocycles. The monoisotopic (exact) mass is 231 g/mol. The Balaban J connectivity index is 1.83. The lowest BCUT2D eigenvalue weighted by Gasteiger charge is -2.22. The summed E-state index contributed by atoms with van der Waals surface area (Å²) in [7, 11) is 0. The van der Waals surface area contributed by atoms with Gasteiger partial charge in [0.1, 0.15) is 0 Å². The van der Waals surface area contributed by atoms with Crippen LogP contribution in [0.5, 0.6) is 0 Å². The lowest BCUT2D eigenvalue weighted by Crippen LogP contribution is -2.38. The zero-order valence-electron chi connectivity index (χ0n) is 9.98. The standard InChI is InChI=1S/C12H17N5/c1-9-4-3-7-17-11(9)15-12(16-17)14-10-5-2-6-13-8-10/h3-4,7,10,13H,2,5-6,8H2,1H3,(H,14,16). The summed E-state index contributed by atoms with van der Waals surface area (Å²) in [5, 5.41) is 11.2. The number of hydrogen-bond acceptors (Lipinski definition) is 4. The first-order chi connectivity index (χ1) is 8.33. The number of hydrogen-bond donors (Lipinski definition) is 2. The van der Waals surface area contributed by atoms with E-state index >= 15 is 0 Å². The van der Waals surface area contributed by atoms with Crippen molar-refractivity contribution in [3.8, 4) is 0 Å². The normalized spacial score (nSPS) is 20.6. The molecule has 90 valence electrons. The molecule has 1 unspecified atom stereocenters.